The standard InChI is InChI=1S/C8H10N2O3/c1-3-13-7(11)6-4-9-8(12)10-5(6)2/h4H,3H2,1-2H3,(H,9,10,12)/p-1. The van der Waals surface area contributed by atoms with E-state index in [0.29, 0.717) is 5.69 Å². The average molecular weight is 181 g/mol. The van der Waals surface area contributed by atoms with E-state index in [1.165, 1.54) is 6.20 Å². The van der Waals surface area contributed by atoms with Gasteiger partial charge in [0.2, 0.25) is 0 Å². The molecular weight excluding hydrogens is 172 g/mol. The topological polar surface area (TPSA) is 75.1 Å². The molecule has 5 nitrogen and oxygen atoms in total. The molecule has 0 N–H and O–H groups in total. The predicted molar refractivity (Wildman–Crippen MR) is 42.2 cm³/mol. The molecule has 1 rings (SSSR count). The van der Waals surface area contributed by atoms with E-state index in [1.54, 1.807) is 13.8 Å². The Morgan fingerprint density at radius 1 is 1.69 bits per heavy atom. The number of hydrogen-bond donors (Lipinski definition) is 0. The molecule has 1 aromatic heterocycles. The van der Waals surface area contributed by atoms with Crippen LogP contribution in [0.25, 0.3) is 0 Å². The monoisotopic (exact) mass is 181 g/mol. The zero-order valence-electron chi connectivity index (χ0n) is 7.40. The number of esters is 1. The third-order valence-corrected chi connectivity index (χ3v) is 1.45. The van der Waals surface area contributed by atoms with Crippen molar-refractivity contribution in [3.8, 4) is 6.01 Å². The minimum Gasteiger partial charge on any atom is -0.844 e. The summed E-state index contributed by atoms with van der Waals surface area (Å²) < 4.78 is 4.73. The van der Waals surface area contributed by atoms with Crippen molar-refractivity contribution in [1.82, 2.24) is 9.97 Å². The summed E-state index contributed by atoms with van der Waals surface area (Å²) in [4.78, 5) is 18.1. The Kier molecular flexibility index (Phi) is 2.79. The summed E-state index contributed by atoms with van der Waals surface area (Å²) in [6.07, 6.45) is 1.18. The van der Waals surface area contributed by atoms with Crippen LogP contribution >= 0.6 is 0 Å². The van der Waals surface area contributed by atoms with E-state index in [0.717, 1.165) is 0 Å². The van der Waals surface area contributed by atoms with Gasteiger partial charge in [0, 0.05) is 6.20 Å². The molecule has 0 atom stereocenters. The van der Waals surface area contributed by atoms with Crippen LogP contribution in [0.4, 0.5) is 0 Å². The van der Waals surface area contributed by atoms with Gasteiger partial charge in [-0.25, -0.2) is 9.78 Å². The van der Waals surface area contributed by atoms with Gasteiger partial charge in [0.15, 0.2) is 0 Å². The summed E-state index contributed by atoms with van der Waals surface area (Å²) in [7, 11) is 0. The molecule has 0 bridgehead atoms. The highest BCUT2D eigenvalue weighted by atomic mass is 16.5. The molecule has 1 heterocycles. The SMILES string of the molecule is CCOC(=O)c1cnc([O-])nc1C. The van der Waals surface area contributed by atoms with E-state index in [4.69, 9.17) is 4.74 Å². The van der Waals surface area contributed by atoms with Gasteiger partial charge in [0.1, 0.15) is 0 Å². The van der Waals surface area contributed by atoms with Gasteiger partial charge in [-0.15, -0.1) is 0 Å². The zero-order chi connectivity index (χ0) is 9.84. The Morgan fingerprint density at radius 3 is 2.92 bits per heavy atom. The van der Waals surface area contributed by atoms with Gasteiger partial charge in [-0.1, -0.05) is 0 Å². The van der Waals surface area contributed by atoms with Gasteiger partial charge in [-0.3, -0.25) is 4.98 Å². The lowest BCUT2D eigenvalue weighted by Gasteiger charge is -2.07. The number of hydrogen-bond acceptors (Lipinski definition) is 5. The van der Waals surface area contributed by atoms with Crippen molar-refractivity contribution in [2.75, 3.05) is 6.61 Å². The van der Waals surface area contributed by atoms with Crippen molar-refractivity contribution in [3.63, 3.8) is 0 Å². The number of aryl methyl sites for hydroxylation is 1. The lowest BCUT2D eigenvalue weighted by atomic mass is 10.2. The van der Waals surface area contributed by atoms with E-state index in [2.05, 4.69) is 9.97 Å². The van der Waals surface area contributed by atoms with Gasteiger partial charge in [0.05, 0.1) is 23.9 Å². The van der Waals surface area contributed by atoms with Crippen molar-refractivity contribution < 1.29 is 14.6 Å². The predicted octanol–water partition coefficient (Wildman–Crippen LogP) is 0.0353. The van der Waals surface area contributed by atoms with Crippen LogP contribution < -0.4 is 5.11 Å². The minimum atomic E-state index is -0.592. The number of carbonyl (C=O) groups excluding carboxylic acids is 1. The first-order valence-electron chi connectivity index (χ1n) is 3.83. The van der Waals surface area contributed by atoms with Crippen LogP contribution in [0.5, 0.6) is 6.01 Å². The van der Waals surface area contributed by atoms with Crippen LogP contribution in [0.1, 0.15) is 23.0 Å². The fourth-order valence-electron chi connectivity index (χ4n) is 0.855. The summed E-state index contributed by atoms with van der Waals surface area (Å²) in [5.74, 6) is -0.500. The number of rotatable bonds is 2. The van der Waals surface area contributed by atoms with Crippen LogP contribution in [0, 0.1) is 6.92 Å². The zero-order valence-corrected chi connectivity index (χ0v) is 7.40. The highest BCUT2D eigenvalue weighted by Crippen LogP contribution is 2.06. The number of ether oxygens (including phenoxy) is 1. The molecule has 0 spiro atoms. The van der Waals surface area contributed by atoms with Crippen LogP contribution in [-0.4, -0.2) is 22.5 Å². The molecule has 0 amide bonds. The fourth-order valence-corrected chi connectivity index (χ4v) is 0.855. The van der Waals surface area contributed by atoms with Crippen molar-refractivity contribution in [2.45, 2.75) is 13.8 Å². The summed E-state index contributed by atoms with van der Waals surface area (Å²) in [6, 6.07) is -0.592. The molecule has 0 aromatic carbocycles. The molecule has 0 aliphatic heterocycles. The van der Waals surface area contributed by atoms with Gasteiger partial charge < -0.3 is 9.84 Å². The van der Waals surface area contributed by atoms with Crippen molar-refractivity contribution in [1.29, 1.82) is 0 Å². The molecule has 0 radical (unpaired) electrons. The Labute approximate surface area is 75.4 Å². The molecular formula is C8H9N2O3-. The molecule has 5 heteroatoms. The Morgan fingerprint density at radius 2 is 2.38 bits per heavy atom. The highest BCUT2D eigenvalue weighted by molar-refractivity contribution is 5.90. The Bertz CT molecular complexity index is 325. The van der Waals surface area contributed by atoms with E-state index in [-0.39, 0.29) is 12.2 Å². The second kappa shape index (κ2) is 3.84. The maximum Gasteiger partial charge on any atom is 0.341 e. The second-order valence-corrected chi connectivity index (χ2v) is 2.37. The van der Waals surface area contributed by atoms with Gasteiger partial charge >= 0.3 is 5.97 Å². The number of nitrogens with zero attached hydrogens (tertiary/aromatic N) is 2. The number of carbonyl (C=O) groups is 1. The molecule has 13 heavy (non-hydrogen) atoms. The lowest BCUT2D eigenvalue weighted by Crippen LogP contribution is -2.10. The fraction of sp³-hybridized carbons (Fsp3) is 0.375. The molecule has 0 saturated carbocycles. The summed E-state index contributed by atoms with van der Waals surface area (Å²) >= 11 is 0. The highest BCUT2D eigenvalue weighted by Gasteiger charge is 2.10. The van der Waals surface area contributed by atoms with Gasteiger partial charge in [-0.05, 0) is 13.8 Å². The normalized spacial score (nSPS) is 9.69. The molecule has 70 valence electrons. The summed E-state index contributed by atoms with van der Waals surface area (Å²) in [5, 5.41) is 10.6. The van der Waals surface area contributed by atoms with Crippen LogP contribution in [0.15, 0.2) is 6.20 Å². The first kappa shape index (κ1) is 9.44. The van der Waals surface area contributed by atoms with Gasteiger partial charge in [0.25, 0.3) is 0 Å². The first-order valence-corrected chi connectivity index (χ1v) is 3.83. The Hall–Kier alpha value is -1.65. The molecule has 0 saturated heterocycles. The van der Waals surface area contributed by atoms with Crippen molar-refractivity contribution in [2.24, 2.45) is 0 Å². The third-order valence-electron chi connectivity index (χ3n) is 1.45. The second-order valence-electron chi connectivity index (χ2n) is 2.37. The minimum absolute atomic E-state index is 0.237. The molecule has 0 fully saturated rings. The van der Waals surface area contributed by atoms with Crippen molar-refractivity contribution >= 4 is 5.97 Å². The maximum absolute atomic E-state index is 11.2. The molecule has 0 aliphatic rings. The van der Waals surface area contributed by atoms with E-state index < -0.39 is 12.0 Å². The largest absolute Gasteiger partial charge is 0.844 e. The first-order chi connectivity index (χ1) is 6.15. The van der Waals surface area contributed by atoms with E-state index >= 15 is 0 Å². The van der Waals surface area contributed by atoms with Gasteiger partial charge in [-0.2, -0.15) is 0 Å². The van der Waals surface area contributed by atoms with E-state index in [9.17, 15) is 9.90 Å². The summed E-state index contributed by atoms with van der Waals surface area (Å²) in [6.45, 7) is 3.56. The van der Waals surface area contributed by atoms with E-state index in [1.807, 2.05) is 0 Å². The quantitative estimate of drug-likeness (QED) is 0.602. The average Bonchev–Trinajstić information content (AvgIpc) is 2.04. The molecule has 1 aromatic rings. The lowest BCUT2D eigenvalue weighted by molar-refractivity contribution is -0.282. The third kappa shape index (κ3) is 2.14. The summed E-state index contributed by atoms with van der Waals surface area (Å²) in [5.41, 5.74) is 0.583. The van der Waals surface area contributed by atoms with Crippen LogP contribution in [-0.2, 0) is 4.74 Å². The Balaban J connectivity index is 2.95. The van der Waals surface area contributed by atoms with Crippen molar-refractivity contribution in [3.05, 3.63) is 17.5 Å². The smallest absolute Gasteiger partial charge is 0.341 e. The van der Waals surface area contributed by atoms with Crippen LogP contribution in [0.3, 0.4) is 0 Å². The maximum atomic E-state index is 11.2. The molecule has 0 aliphatic carbocycles. The van der Waals surface area contributed by atoms with Crippen LogP contribution in [0.2, 0.25) is 0 Å². The molecule has 0 unspecified atom stereocenters. The number of aromatic nitrogens is 2.